The van der Waals surface area contributed by atoms with Crippen molar-refractivity contribution in [2.45, 2.75) is 12.8 Å². The second-order valence-corrected chi connectivity index (χ2v) is 4.98. The van der Waals surface area contributed by atoms with E-state index < -0.39 is 0 Å². The molecular formula is C13H21N5O2. The number of ether oxygens (including phenoxy) is 1. The van der Waals surface area contributed by atoms with Crippen molar-refractivity contribution in [2.75, 3.05) is 56.0 Å². The van der Waals surface area contributed by atoms with E-state index in [1.807, 2.05) is 19.0 Å². The number of methoxy groups -OCH3 is 1. The van der Waals surface area contributed by atoms with Crippen LogP contribution in [-0.2, 0) is 9.53 Å². The zero-order valence-corrected chi connectivity index (χ0v) is 12.2. The molecule has 7 nitrogen and oxygen atoms in total. The maximum absolute atomic E-state index is 11.6. The number of aromatic nitrogens is 2. The minimum Gasteiger partial charge on any atom is -0.375 e. The quantitative estimate of drug-likeness (QED) is 0.856. The number of amides is 1. The highest BCUT2D eigenvalue weighted by Gasteiger charge is 2.18. The van der Waals surface area contributed by atoms with E-state index in [-0.39, 0.29) is 12.5 Å². The third-order valence-corrected chi connectivity index (χ3v) is 3.12. The van der Waals surface area contributed by atoms with E-state index >= 15 is 0 Å². The summed E-state index contributed by atoms with van der Waals surface area (Å²) in [5.41, 5.74) is 0.597. The van der Waals surface area contributed by atoms with Crippen molar-refractivity contribution in [1.29, 1.82) is 0 Å². The van der Waals surface area contributed by atoms with Crippen LogP contribution in [0.3, 0.4) is 0 Å². The molecule has 0 saturated carbocycles. The number of hydrogen-bond acceptors (Lipinski definition) is 6. The predicted octanol–water partition coefficient (Wildman–Crippen LogP) is 0.728. The van der Waals surface area contributed by atoms with Gasteiger partial charge in [-0.05, 0) is 12.8 Å². The molecule has 1 aliphatic heterocycles. The van der Waals surface area contributed by atoms with Gasteiger partial charge in [0.15, 0.2) is 5.82 Å². The minimum atomic E-state index is -0.215. The van der Waals surface area contributed by atoms with Crippen LogP contribution in [0.4, 0.5) is 17.5 Å². The van der Waals surface area contributed by atoms with Crippen LogP contribution >= 0.6 is 0 Å². The molecule has 0 radical (unpaired) electrons. The summed E-state index contributed by atoms with van der Waals surface area (Å²) >= 11 is 0. The molecule has 0 aromatic carbocycles. The van der Waals surface area contributed by atoms with Crippen LogP contribution in [0.1, 0.15) is 12.8 Å². The molecule has 1 amide bonds. The third kappa shape index (κ3) is 3.36. The highest BCUT2D eigenvalue weighted by atomic mass is 16.5. The first-order valence-corrected chi connectivity index (χ1v) is 6.70. The summed E-state index contributed by atoms with van der Waals surface area (Å²) in [6.45, 7) is 1.99. The zero-order valence-electron chi connectivity index (χ0n) is 12.2. The van der Waals surface area contributed by atoms with Crippen molar-refractivity contribution in [3.8, 4) is 0 Å². The lowest BCUT2D eigenvalue weighted by Crippen LogP contribution is -2.24. The summed E-state index contributed by atoms with van der Waals surface area (Å²) in [6.07, 6.45) is 4.00. The van der Waals surface area contributed by atoms with E-state index in [4.69, 9.17) is 4.74 Å². The lowest BCUT2D eigenvalue weighted by Gasteiger charge is -2.20. The molecule has 110 valence electrons. The maximum Gasteiger partial charge on any atom is 0.250 e. The van der Waals surface area contributed by atoms with Crippen molar-refractivity contribution in [2.24, 2.45) is 0 Å². The molecule has 1 aromatic rings. The Morgan fingerprint density at radius 1 is 1.45 bits per heavy atom. The van der Waals surface area contributed by atoms with Gasteiger partial charge in [0.1, 0.15) is 12.3 Å². The highest BCUT2D eigenvalue weighted by Crippen LogP contribution is 2.25. The number of nitrogens with one attached hydrogen (secondary N) is 1. The summed E-state index contributed by atoms with van der Waals surface area (Å²) in [6, 6.07) is 0. The topological polar surface area (TPSA) is 70.6 Å². The molecule has 1 fully saturated rings. The predicted molar refractivity (Wildman–Crippen MR) is 78.3 cm³/mol. The molecule has 1 aliphatic rings. The van der Waals surface area contributed by atoms with Crippen LogP contribution in [0.15, 0.2) is 6.20 Å². The number of hydrogen-bond donors (Lipinski definition) is 1. The van der Waals surface area contributed by atoms with Gasteiger partial charge in [-0.15, -0.1) is 0 Å². The second-order valence-electron chi connectivity index (χ2n) is 4.98. The SMILES string of the molecule is COCC(=O)Nc1cnc(N2CCCC2)nc1N(C)C. The Labute approximate surface area is 118 Å². The standard InChI is InChI=1S/C13H21N5O2/c1-17(2)12-10(15-11(19)9-20-3)8-14-13(16-12)18-6-4-5-7-18/h8H,4-7,9H2,1-3H3,(H,15,19). The van der Waals surface area contributed by atoms with Gasteiger partial charge in [-0.1, -0.05) is 0 Å². The van der Waals surface area contributed by atoms with E-state index in [0.717, 1.165) is 19.0 Å². The first-order chi connectivity index (χ1) is 9.61. The van der Waals surface area contributed by atoms with Gasteiger partial charge >= 0.3 is 0 Å². The maximum atomic E-state index is 11.6. The molecule has 0 bridgehead atoms. The molecule has 0 aliphatic carbocycles. The molecule has 1 aromatic heterocycles. The normalized spacial score (nSPS) is 14.4. The smallest absolute Gasteiger partial charge is 0.250 e. The number of nitrogens with zero attached hydrogens (tertiary/aromatic N) is 4. The molecule has 7 heteroatoms. The number of anilines is 3. The Hall–Kier alpha value is -1.89. The second kappa shape index (κ2) is 6.51. The van der Waals surface area contributed by atoms with Gasteiger partial charge in [0, 0.05) is 34.3 Å². The van der Waals surface area contributed by atoms with Gasteiger partial charge < -0.3 is 19.9 Å². The molecule has 1 N–H and O–H groups in total. The molecule has 0 atom stereocenters. The number of carbonyl (C=O) groups excluding carboxylic acids is 1. The number of carbonyl (C=O) groups is 1. The van der Waals surface area contributed by atoms with Gasteiger partial charge in [-0.2, -0.15) is 4.98 Å². The van der Waals surface area contributed by atoms with Crippen molar-refractivity contribution in [3.63, 3.8) is 0 Å². The Bertz CT molecular complexity index is 472. The van der Waals surface area contributed by atoms with Crippen LogP contribution in [0.25, 0.3) is 0 Å². The summed E-state index contributed by atoms with van der Waals surface area (Å²) < 4.78 is 4.81. The van der Waals surface area contributed by atoms with Crippen LogP contribution in [0.5, 0.6) is 0 Å². The van der Waals surface area contributed by atoms with Crippen molar-refractivity contribution in [3.05, 3.63) is 6.20 Å². The van der Waals surface area contributed by atoms with Crippen molar-refractivity contribution < 1.29 is 9.53 Å². The van der Waals surface area contributed by atoms with Gasteiger partial charge in [0.05, 0.1) is 6.20 Å². The monoisotopic (exact) mass is 279 g/mol. The number of rotatable bonds is 5. The highest BCUT2D eigenvalue weighted by molar-refractivity contribution is 5.94. The summed E-state index contributed by atoms with van der Waals surface area (Å²) in [4.78, 5) is 24.5. The lowest BCUT2D eigenvalue weighted by molar-refractivity contribution is -0.119. The van der Waals surface area contributed by atoms with Crippen molar-refractivity contribution in [1.82, 2.24) is 9.97 Å². The average molecular weight is 279 g/mol. The summed E-state index contributed by atoms with van der Waals surface area (Å²) in [5, 5.41) is 2.76. The largest absolute Gasteiger partial charge is 0.375 e. The Balaban J connectivity index is 2.21. The van der Waals surface area contributed by atoms with E-state index in [1.165, 1.54) is 20.0 Å². The molecule has 1 saturated heterocycles. The summed E-state index contributed by atoms with van der Waals surface area (Å²) in [7, 11) is 5.27. The van der Waals surface area contributed by atoms with Crippen LogP contribution in [0, 0.1) is 0 Å². The van der Waals surface area contributed by atoms with Gasteiger partial charge in [0.2, 0.25) is 11.9 Å². The molecule has 20 heavy (non-hydrogen) atoms. The molecule has 0 spiro atoms. The van der Waals surface area contributed by atoms with Crippen LogP contribution < -0.4 is 15.1 Å². The molecular weight excluding hydrogens is 258 g/mol. The van der Waals surface area contributed by atoms with Gasteiger partial charge in [0.25, 0.3) is 0 Å². The fraction of sp³-hybridized carbons (Fsp3) is 0.615. The minimum absolute atomic E-state index is 0.0146. The van der Waals surface area contributed by atoms with Crippen molar-refractivity contribution >= 4 is 23.4 Å². The van der Waals surface area contributed by atoms with E-state index in [0.29, 0.717) is 11.5 Å². The lowest BCUT2D eigenvalue weighted by atomic mass is 10.4. The van der Waals surface area contributed by atoms with Crippen LogP contribution in [0.2, 0.25) is 0 Å². The Morgan fingerprint density at radius 3 is 2.75 bits per heavy atom. The summed E-state index contributed by atoms with van der Waals surface area (Å²) in [5.74, 6) is 1.20. The third-order valence-electron chi connectivity index (χ3n) is 3.12. The zero-order chi connectivity index (χ0) is 14.5. The first kappa shape index (κ1) is 14.5. The Kier molecular flexibility index (Phi) is 4.73. The molecule has 0 unspecified atom stereocenters. The average Bonchev–Trinajstić information content (AvgIpc) is 2.93. The van der Waals surface area contributed by atoms with Crippen LogP contribution in [-0.4, -0.2) is 56.8 Å². The Morgan fingerprint density at radius 2 is 2.15 bits per heavy atom. The fourth-order valence-electron chi connectivity index (χ4n) is 2.18. The molecule has 2 rings (SSSR count). The molecule has 2 heterocycles. The van der Waals surface area contributed by atoms with E-state index in [9.17, 15) is 4.79 Å². The first-order valence-electron chi connectivity index (χ1n) is 6.70. The van der Waals surface area contributed by atoms with Gasteiger partial charge in [-0.25, -0.2) is 4.98 Å². The van der Waals surface area contributed by atoms with E-state index in [1.54, 1.807) is 6.20 Å². The van der Waals surface area contributed by atoms with Gasteiger partial charge in [-0.3, -0.25) is 4.79 Å². The van der Waals surface area contributed by atoms with E-state index in [2.05, 4.69) is 20.2 Å². The fourth-order valence-corrected chi connectivity index (χ4v) is 2.18.